The Morgan fingerprint density at radius 1 is 1.00 bits per heavy atom. The molecule has 0 aliphatic heterocycles. The minimum Gasteiger partial charge on any atom is -0.871 e. The molecule has 0 spiro atoms. The standard InChI is InChI=1S/C16H11N3O9S.Na/c20-11-2-1-8(19(24)25)5-10(11)17-18-15-14(29(26,27)28)4-7-3-12(21)13(22)6-9(7)16(15)23;/h1-6,24-25H,(H3-,17,18,20,21,22,23,26,27,28);/q;+1. The predicted molar refractivity (Wildman–Crippen MR) is 96.9 cm³/mol. The summed E-state index contributed by atoms with van der Waals surface area (Å²) < 4.78 is 30.8. The fourth-order valence-corrected chi connectivity index (χ4v) is 3.17. The Morgan fingerprint density at radius 2 is 1.63 bits per heavy atom. The summed E-state index contributed by atoms with van der Waals surface area (Å²) >= 11 is 0. The van der Waals surface area contributed by atoms with Gasteiger partial charge in [-0.25, -0.2) is 0 Å². The van der Waals surface area contributed by atoms with Gasteiger partial charge in [-0.1, -0.05) is 11.8 Å². The van der Waals surface area contributed by atoms with Crippen LogP contribution in [0.1, 0.15) is 0 Å². The van der Waals surface area contributed by atoms with Crippen LogP contribution in [0.2, 0.25) is 0 Å². The molecular weight excluding hydrogens is 433 g/mol. The molecule has 1 aromatic carbocycles. The molecule has 0 amide bonds. The van der Waals surface area contributed by atoms with Crippen molar-refractivity contribution in [2.24, 2.45) is 5.10 Å². The molecule has 1 aromatic rings. The van der Waals surface area contributed by atoms with Crippen LogP contribution in [0.15, 0.2) is 60.8 Å². The maximum atomic E-state index is 12.7. The molecule has 0 saturated carbocycles. The van der Waals surface area contributed by atoms with Crippen molar-refractivity contribution in [3.05, 3.63) is 72.4 Å². The van der Waals surface area contributed by atoms with Crippen molar-refractivity contribution in [2.75, 3.05) is 10.7 Å². The first-order valence-corrected chi connectivity index (χ1v) is 9.07. The summed E-state index contributed by atoms with van der Waals surface area (Å²) in [7, 11) is -4.74. The van der Waals surface area contributed by atoms with Crippen LogP contribution >= 0.6 is 0 Å². The third-order valence-electron chi connectivity index (χ3n) is 3.86. The molecule has 3 rings (SSSR count). The van der Waals surface area contributed by atoms with Crippen LogP contribution in [-0.4, -0.2) is 19.5 Å². The topological polar surface area (TPSA) is 200 Å². The van der Waals surface area contributed by atoms with Gasteiger partial charge in [-0.2, -0.15) is 14.2 Å². The first-order chi connectivity index (χ1) is 13.5. The van der Waals surface area contributed by atoms with Crippen LogP contribution in [-0.2, 0) is 14.7 Å². The van der Waals surface area contributed by atoms with Gasteiger partial charge in [0.2, 0.25) is 16.3 Å². The van der Waals surface area contributed by atoms with E-state index >= 15 is 0 Å². The molecule has 2 aliphatic carbocycles. The summed E-state index contributed by atoms with van der Waals surface area (Å²) in [4.78, 5) is 34.9. The van der Waals surface area contributed by atoms with E-state index in [2.05, 4.69) is 10.5 Å². The molecule has 0 radical (unpaired) electrons. The first-order valence-electron chi connectivity index (χ1n) is 7.59. The zero-order chi connectivity index (χ0) is 21.5. The second-order valence-corrected chi connectivity index (χ2v) is 7.20. The zero-order valence-electron chi connectivity index (χ0n) is 15.1. The molecule has 0 heterocycles. The number of benzene rings is 3. The van der Waals surface area contributed by atoms with E-state index in [-0.39, 0.29) is 57.3 Å². The van der Waals surface area contributed by atoms with Crippen LogP contribution in [0.4, 0.5) is 11.4 Å². The molecule has 5 N–H and O–H groups in total. The molecule has 12 nitrogen and oxygen atoms in total. The van der Waals surface area contributed by atoms with Crippen molar-refractivity contribution in [2.45, 2.75) is 4.90 Å². The van der Waals surface area contributed by atoms with Crippen molar-refractivity contribution in [3.63, 3.8) is 0 Å². The molecule has 2 aliphatic rings. The third kappa shape index (κ3) is 4.63. The van der Waals surface area contributed by atoms with Crippen molar-refractivity contribution in [1.29, 1.82) is 0 Å². The number of anilines is 2. The van der Waals surface area contributed by atoms with Crippen LogP contribution in [0.25, 0.3) is 11.1 Å². The largest absolute Gasteiger partial charge is 1.00 e. The molecular formula is C16H11N3NaO9S+. The average molecular weight is 444 g/mol. The van der Waals surface area contributed by atoms with Gasteiger partial charge >= 0.3 is 40.1 Å². The summed E-state index contributed by atoms with van der Waals surface area (Å²) in [5.74, 6) is -0.680. The molecule has 150 valence electrons. The minimum absolute atomic E-state index is 0. The number of rotatable bonds is 4. The van der Waals surface area contributed by atoms with E-state index in [0.29, 0.717) is 0 Å². The normalized spacial score (nSPS) is 11.9. The molecule has 30 heavy (non-hydrogen) atoms. The quantitative estimate of drug-likeness (QED) is 0.114. The molecule has 0 unspecified atom stereocenters. The Bertz CT molecular complexity index is 1350. The van der Waals surface area contributed by atoms with E-state index in [4.69, 9.17) is 10.4 Å². The van der Waals surface area contributed by atoms with Crippen molar-refractivity contribution >= 4 is 21.9 Å². The maximum absolute atomic E-state index is 12.7. The van der Waals surface area contributed by atoms with E-state index in [0.717, 1.165) is 36.4 Å². The molecule has 0 bridgehead atoms. The fraction of sp³-hybridized carbons (Fsp3) is 0. The Morgan fingerprint density at radius 3 is 2.23 bits per heavy atom. The molecule has 0 aromatic heterocycles. The molecule has 14 heteroatoms. The first kappa shape index (κ1) is 23.8. The van der Waals surface area contributed by atoms with Crippen LogP contribution in [0.5, 0.6) is 5.75 Å². The summed E-state index contributed by atoms with van der Waals surface area (Å²) in [6, 6.07) is 5.32. The van der Waals surface area contributed by atoms with E-state index in [1.54, 1.807) is 0 Å². The van der Waals surface area contributed by atoms with E-state index in [1.807, 2.05) is 0 Å². The predicted octanol–water partition coefficient (Wildman–Crippen LogP) is -3.86. The number of hydrogen-bond acceptors (Lipinski definition) is 10. The fourth-order valence-electron chi connectivity index (χ4n) is 2.50. The average Bonchev–Trinajstić information content (AvgIpc) is 2.62. The van der Waals surface area contributed by atoms with Crippen molar-refractivity contribution in [1.82, 2.24) is 0 Å². The monoisotopic (exact) mass is 444 g/mol. The van der Waals surface area contributed by atoms with Gasteiger partial charge in [0.1, 0.15) is 0 Å². The second kappa shape index (κ2) is 8.71. The van der Waals surface area contributed by atoms with Gasteiger partial charge in [-0.15, -0.1) is 5.23 Å². The van der Waals surface area contributed by atoms with Crippen LogP contribution in [0, 0.1) is 0 Å². The van der Waals surface area contributed by atoms with Gasteiger partial charge in [0, 0.05) is 17.7 Å². The van der Waals surface area contributed by atoms with Gasteiger partial charge < -0.3 is 5.11 Å². The Balaban J connectivity index is 0.00000320. The molecule has 0 saturated heterocycles. The smallest absolute Gasteiger partial charge is 0.871 e. The Labute approximate surface area is 189 Å². The second-order valence-electron chi connectivity index (χ2n) is 5.76. The Hall–Kier alpha value is -2.49. The van der Waals surface area contributed by atoms with Gasteiger partial charge in [-0.05, 0) is 28.0 Å². The minimum atomic E-state index is -4.74. The van der Waals surface area contributed by atoms with Crippen LogP contribution in [0.3, 0.4) is 0 Å². The summed E-state index contributed by atoms with van der Waals surface area (Å²) in [6.45, 7) is 0. The van der Waals surface area contributed by atoms with Crippen molar-refractivity contribution < 1.29 is 58.4 Å². The SMILES string of the molecule is O=c1cc2cc([S+](=O)(O)O)c(=NNc3cc(N(O)O)ccc3[O-])c(=O)c-2cc1=O.[Na+]. The number of hydrogen-bond donors (Lipinski definition) is 5. The summed E-state index contributed by atoms with van der Waals surface area (Å²) in [5, 5.41) is 32.4. The maximum Gasteiger partial charge on any atom is 1.00 e. The van der Waals surface area contributed by atoms with Gasteiger partial charge in [0.25, 0.3) is 4.90 Å². The number of nitrogens with zero attached hydrogens (tertiary/aromatic N) is 2. The van der Waals surface area contributed by atoms with Crippen molar-refractivity contribution in [3.8, 4) is 16.9 Å². The summed E-state index contributed by atoms with van der Waals surface area (Å²) in [6.07, 6.45) is 0. The Kier molecular flexibility index (Phi) is 6.90. The van der Waals surface area contributed by atoms with Crippen LogP contribution < -0.4 is 67.0 Å². The molecule has 0 atom stereocenters. The number of nitrogens with one attached hydrogen (secondary N) is 1. The third-order valence-corrected chi connectivity index (χ3v) is 4.75. The number of fused-ring (bicyclic) bond motifs is 1. The zero-order valence-corrected chi connectivity index (χ0v) is 17.9. The van der Waals surface area contributed by atoms with E-state index in [9.17, 15) is 32.8 Å². The molecule has 0 fully saturated rings. The van der Waals surface area contributed by atoms with Gasteiger partial charge in [-0.3, -0.25) is 30.2 Å². The van der Waals surface area contributed by atoms with Gasteiger partial charge in [0.05, 0.1) is 11.4 Å². The van der Waals surface area contributed by atoms with E-state index < -0.39 is 42.8 Å². The summed E-state index contributed by atoms with van der Waals surface area (Å²) in [5.41, 5.74) is -1.91. The van der Waals surface area contributed by atoms with E-state index in [1.165, 1.54) is 0 Å². The van der Waals surface area contributed by atoms with Gasteiger partial charge in [0.15, 0.2) is 5.36 Å².